The molecule has 0 bridgehead atoms. The van der Waals surface area contributed by atoms with Crippen LogP contribution in [0.2, 0.25) is 0 Å². The topological polar surface area (TPSA) is 69.6 Å². The molecule has 2 rings (SSSR count). The summed E-state index contributed by atoms with van der Waals surface area (Å²) in [6.45, 7) is -1.14. The number of carboxylic acid groups (broad SMARTS) is 1. The maximum Gasteiger partial charge on any atom is 0.422 e. The summed E-state index contributed by atoms with van der Waals surface area (Å²) in [5, 5.41) is 20.6. The maximum atomic E-state index is 13.7. The van der Waals surface area contributed by atoms with Crippen LogP contribution in [0.15, 0.2) is 18.2 Å². The van der Waals surface area contributed by atoms with Crippen LogP contribution in [0.3, 0.4) is 0 Å². The Balaban J connectivity index is 2.25. The molecule has 3 N–H and O–H groups in total. The molecule has 0 unspecified atom stereocenters. The quantitative estimate of drug-likeness (QED) is 0.528. The van der Waals surface area contributed by atoms with Gasteiger partial charge < -0.3 is 15.5 Å². The van der Waals surface area contributed by atoms with E-state index >= 15 is 0 Å². The first-order chi connectivity index (χ1) is 12.4. The highest BCUT2D eigenvalue weighted by atomic mass is 19.4. The summed E-state index contributed by atoms with van der Waals surface area (Å²) in [6.07, 6.45) is -5.62. The van der Waals surface area contributed by atoms with Gasteiger partial charge in [0.15, 0.2) is 23.3 Å². The van der Waals surface area contributed by atoms with Gasteiger partial charge >= 0.3 is 12.1 Å². The fourth-order valence-electron chi connectivity index (χ4n) is 2.28. The van der Waals surface area contributed by atoms with Gasteiger partial charge in [-0.2, -0.15) is 13.2 Å². The van der Waals surface area contributed by atoms with E-state index in [4.69, 9.17) is 5.11 Å². The van der Waals surface area contributed by atoms with Crippen molar-refractivity contribution in [2.45, 2.75) is 19.3 Å². The molecule has 0 aliphatic rings. The minimum absolute atomic E-state index is 0.221. The molecule has 27 heavy (non-hydrogen) atoms. The molecule has 0 atom stereocenters. The van der Waals surface area contributed by atoms with Crippen LogP contribution in [-0.2, 0) is 19.3 Å². The van der Waals surface area contributed by atoms with Crippen LogP contribution >= 0.6 is 0 Å². The lowest BCUT2D eigenvalue weighted by atomic mass is 10.1. The molecule has 0 heterocycles. The van der Waals surface area contributed by atoms with Gasteiger partial charge in [0.25, 0.3) is 0 Å². The van der Waals surface area contributed by atoms with Gasteiger partial charge in [0, 0.05) is 18.7 Å². The first-order valence-corrected chi connectivity index (χ1v) is 7.13. The minimum Gasteiger partial charge on any atom is -0.507 e. The summed E-state index contributed by atoms with van der Waals surface area (Å²) in [7, 11) is 0. The molecule has 0 fully saturated rings. The van der Waals surface area contributed by atoms with Crippen molar-refractivity contribution in [1.82, 2.24) is 5.32 Å². The molecule has 0 amide bonds. The van der Waals surface area contributed by atoms with Crippen LogP contribution in [0, 0.1) is 23.3 Å². The van der Waals surface area contributed by atoms with Gasteiger partial charge in [-0.15, -0.1) is 0 Å². The van der Waals surface area contributed by atoms with Gasteiger partial charge in [-0.1, -0.05) is 6.07 Å². The Morgan fingerprint density at radius 2 is 1.52 bits per heavy atom. The second-order valence-corrected chi connectivity index (χ2v) is 5.37. The summed E-state index contributed by atoms with van der Waals surface area (Å²) < 4.78 is 92.1. The number of carbonyl (C=O) groups is 1. The molecule has 0 saturated heterocycles. The van der Waals surface area contributed by atoms with Crippen LogP contribution in [-0.4, -0.2) is 16.2 Å². The molecular weight excluding hydrogens is 387 g/mol. The largest absolute Gasteiger partial charge is 0.507 e. The van der Waals surface area contributed by atoms with Crippen molar-refractivity contribution in [1.29, 1.82) is 0 Å². The average Bonchev–Trinajstić information content (AvgIpc) is 2.56. The fraction of sp³-hybridized carbons (Fsp3) is 0.188. The third kappa shape index (κ3) is 4.13. The second-order valence-electron chi connectivity index (χ2n) is 5.37. The lowest BCUT2D eigenvalue weighted by molar-refractivity contribution is -0.143. The Morgan fingerprint density at radius 1 is 0.963 bits per heavy atom. The van der Waals surface area contributed by atoms with Gasteiger partial charge in [0.2, 0.25) is 0 Å². The second kappa shape index (κ2) is 7.43. The molecule has 2 aromatic carbocycles. The van der Waals surface area contributed by atoms with Gasteiger partial charge in [0.05, 0.1) is 0 Å². The molecular formula is C16H10F7NO3. The Kier molecular flexibility index (Phi) is 5.64. The molecule has 0 saturated carbocycles. The Hall–Kier alpha value is -2.82. The summed E-state index contributed by atoms with van der Waals surface area (Å²) in [5.41, 5.74) is -4.18. The normalized spacial score (nSPS) is 11.7. The highest BCUT2D eigenvalue weighted by Crippen LogP contribution is 2.36. The number of phenols is 1. The van der Waals surface area contributed by atoms with Crippen molar-refractivity contribution in [3.05, 3.63) is 63.7 Å². The van der Waals surface area contributed by atoms with E-state index in [1.807, 2.05) is 0 Å². The van der Waals surface area contributed by atoms with Crippen LogP contribution < -0.4 is 5.32 Å². The average molecular weight is 397 g/mol. The third-order valence-electron chi connectivity index (χ3n) is 3.56. The van der Waals surface area contributed by atoms with E-state index in [0.717, 1.165) is 12.1 Å². The van der Waals surface area contributed by atoms with E-state index in [1.54, 1.807) is 0 Å². The van der Waals surface area contributed by atoms with Crippen molar-refractivity contribution in [3.63, 3.8) is 0 Å². The Labute approximate surface area is 146 Å². The van der Waals surface area contributed by atoms with E-state index < -0.39 is 64.4 Å². The fourth-order valence-corrected chi connectivity index (χ4v) is 2.28. The molecule has 0 aliphatic heterocycles. The van der Waals surface area contributed by atoms with Crippen molar-refractivity contribution < 1.29 is 45.7 Å². The highest BCUT2D eigenvalue weighted by Gasteiger charge is 2.42. The van der Waals surface area contributed by atoms with Gasteiger partial charge in [-0.25, -0.2) is 22.4 Å². The van der Waals surface area contributed by atoms with Crippen molar-refractivity contribution in [3.8, 4) is 5.75 Å². The number of hydrogen-bond acceptors (Lipinski definition) is 3. The maximum absolute atomic E-state index is 13.7. The zero-order chi connectivity index (χ0) is 20.5. The number of benzene rings is 2. The van der Waals surface area contributed by atoms with E-state index in [2.05, 4.69) is 5.32 Å². The monoisotopic (exact) mass is 397 g/mol. The zero-order valence-corrected chi connectivity index (χ0v) is 13.1. The smallest absolute Gasteiger partial charge is 0.422 e. The lowest BCUT2D eigenvalue weighted by Crippen LogP contribution is -2.21. The summed E-state index contributed by atoms with van der Waals surface area (Å²) >= 11 is 0. The molecule has 2 aromatic rings. The number of alkyl halides is 3. The van der Waals surface area contributed by atoms with Crippen molar-refractivity contribution in [2.24, 2.45) is 0 Å². The zero-order valence-electron chi connectivity index (χ0n) is 13.1. The number of rotatable bonds is 5. The van der Waals surface area contributed by atoms with E-state index in [1.165, 1.54) is 6.07 Å². The molecule has 4 nitrogen and oxygen atoms in total. The minimum atomic E-state index is -5.62. The molecule has 146 valence electrons. The molecule has 0 spiro atoms. The Bertz CT molecular complexity index is 868. The van der Waals surface area contributed by atoms with Crippen LogP contribution in [0.25, 0.3) is 0 Å². The number of aromatic hydroxyl groups is 1. The summed E-state index contributed by atoms with van der Waals surface area (Å²) in [5.74, 6) is -11.5. The first kappa shape index (κ1) is 20.5. The molecule has 0 aromatic heterocycles. The first-order valence-electron chi connectivity index (χ1n) is 7.13. The molecule has 0 radical (unpaired) electrons. The third-order valence-corrected chi connectivity index (χ3v) is 3.56. The SMILES string of the molecule is O=C(O)c1cc(CNCc2c(F)c(F)c(C(F)(F)F)c(F)c2F)ccc1O. The van der Waals surface area contributed by atoms with Gasteiger partial charge in [-0.3, -0.25) is 0 Å². The van der Waals surface area contributed by atoms with Crippen molar-refractivity contribution >= 4 is 5.97 Å². The van der Waals surface area contributed by atoms with Crippen LogP contribution in [0.4, 0.5) is 30.7 Å². The predicted molar refractivity (Wildman–Crippen MR) is 76.9 cm³/mol. The van der Waals surface area contributed by atoms with Crippen LogP contribution in [0.5, 0.6) is 5.75 Å². The Morgan fingerprint density at radius 3 is 2.00 bits per heavy atom. The van der Waals surface area contributed by atoms with E-state index in [0.29, 0.717) is 0 Å². The van der Waals surface area contributed by atoms with Gasteiger partial charge in [-0.05, 0) is 17.7 Å². The summed E-state index contributed by atoms with van der Waals surface area (Å²) in [6, 6.07) is 3.33. The summed E-state index contributed by atoms with van der Waals surface area (Å²) in [4.78, 5) is 10.9. The number of halogens is 7. The van der Waals surface area contributed by atoms with Crippen molar-refractivity contribution in [2.75, 3.05) is 0 Å². The van der Waals surface area contributed by atoms with E-state index in [9.17, 15) is 40.6 Å². The number of nitrogens with one attached hydrogen (secondary N) is 1. The number of hydrogen-bond donors (Lipinski definition) is 3. The molecule has 11 heteroatoms. The van der Waals surface area contributed by atoms with Gasteiger partial charge in [0.1, 0.15) is 16.9 Å². The highest BCUT2D eigenvalue weighted by molar-refractivity contribution is 5.90. The molecule has 0 aliphatic carbocycles. The van der Waals surface area contributed by atoms with Crippen LogP contribution in [0.1, 0.15) is 27.0 Å². The van der Waals surface area contributed by atoms with E-state index in [-0.39, 0.29) is 12.1 Å². The predicted octanol–water partition coefficient (Wildman–Crippen LogP) is 3.96. The number of aromatic carboxylic acids is 1. The number of carboxylic acids is 1. The lowest BCUT2D eigenvalue weighted by Gasteiger charge is -2.14. The standard InChI is InChI=1S/C16H10F7NO3/c17-11-8(12(18)14(20)10(13(11)19)16(21,22)23)5-24-4-6-1-2-9(25)7(3-6)15(26)27/h1-3,24-25H,4-5H2,(H,26,27).